The summed E-state index contributed by atoms with van der Waals surface area (Å²) < 4.78 is 2.39. The van der Waals surface area contributed by atoms with E-state index in [-0.39, 0.29) is 0 Å². The lowest BCUT2D eigenvalue weighted by Crippen LogP contribution is -2.74. The van der Waals surface area contributed by atoms with Crippen molar-refractivity contribution >= 4 is 50.6 Å². The fourth-order valence-corrected chi connectivity index (χ4v) is 13.0. The van der Waals surface area contributed by atoms with Gasteiger partial charge in [-0.05, 0) is 45.0 Å². The van der Waals surface area contributed by atoms with E-state index in [0.717, 1.165) is 22.4 Å². The average molecular weight is 733 g/mol. The molecule has 4 nitrogen and oxygen atoms in total. The number of hydrogen-bond acceptors (Lipinski definition) is 3. The highest BCUT2D eigenvalue weighted by molar-refractivity contribution is 7.19. The van der Waals surface area contributed by atoms with Gasteiger partial charge in [-0.25, -0.2) is 15.0 Å². The minimum absolute atomic E-state index is 0.645. The summed E-state index contributed by atoms with van der Waals surface area (Å²) in [6, 6.07) is 78.1. The molecule has 5 heteroatoms. The first-order valence-electron chi connectivity index (χ1n) is 19.0. The average Bonchev–Trinajstić information content (AvgIpc) is 3.63. The van der Waals surface area contributed by atoms with Gasteiger partial charge in [-0.3, -0.25) is 0 Å². The van der Waals surface area contributed by atoms with Crippen LogP contribution in [0.15, 0.2) is 218 Å². The Morgan fingerprint density at radius 3 is 1.04 bits per heavy atom. The van der Waals surface area contributed by atoms with E-state index < -0.39 is 8.07 Å². The van der Waals surface area contributed by atoms with Crippen molar-refractivity contribution in [2.45, 2.75) is 0 Å². The highest BCUT2D eigenvalue weighted by Crippen LogP contribution is 2.32. The van der Waals surface area contributed by atoms with Crippen molar-refractivity contribution in [3.05, 3.63) is 218 Å². The van der Waals surface area contributed by atoms with Crippen molar-refractivity contribution in [3.63, 3.8) is 0 Å². The molecule has 0 aliphatic rings. The highest BCUT2D eigenvalue weighted by Gasteiger charge is 2.41. The van der Waals surface area contributed by atoms with E-state index in [1.807, 2.05) is 60.7 Å². The minimum atomic E-state index is -2.83. The monoisotopic (exact) mass is 732 g/mol. The van der Waals surface area contributed by atoms with Crippen LogP contribution in [0.1, 0.15) is 0 Å². The second-order valence-corrected chi connectivity index (χ2v) is 17.8. The SMILES string of the molecule is c1ccc(-c2nc(-c3ccccc3)nc(-c3ccc([Si](c4ccccc4)(c4ccccc4)c4ccc(-n5c6ccccc6c6ccccc65)cc4)cc3)n2)cc1. The normalized spacial score (nSPS) is 11.6. The van der Waals surface area contributed by atoms with Gasteiger partial charge < -0.3 is 4.57 Å². The number of rotatable bonds is 8. The molecule has 2 aromatic heterocycles. The van der Waals surface area contributed by atoms with E-state index in [2.05, 4.69) is 162 Å². The Balaban J connectivity index is 1.14. The molecule has 0 spiro atoms. The number of aromatic nitrogens is 4. The van der Waals surface area contributed by atoms with Gasteiger partial charge in [0.2, 0.25) is 0 Å². The predicted octanol–water partition coefficient (Wildman–Crippen LogP) is 9.35. The van der Waals surface area contributed by atoms with E-state index in [4.69, 9.17) is 15.0 Å². The van der Waals surface area contributed by atoms with Crippen molar-refractivity contribution in [2.75, 3.05) is 0 Å². The highest BCUT2D eigenvalue weighted by atomic mass is 28.3. The summed E-state index contributed by atoms with van der Waals surface area (Å²) in [4.78, 5) is 15.0. The first-order chi connectivity index (χ1) is 27.8. The van der Waals surface area contributed by atoms with Gasteiger partial charge in [0.1, 0.15) is 0 Å². The largest absolute Gasteiger partial charge is 0.309 e. The summed E-state index contributed by atoms with van der Waals surface area (Å²) in [5.74, 6) is 1.95. The molecule has 0 saturated heterocycles. The van der Waals surface area contributed by atoms with Crippen molar-refractivity contribution in [1.82, 2.24) is 19.5 Å². The minimum Gasteiger partial charge on any atom is -0.309 e. The Kier molecular flexibility index (Phi) is 8.47. The van der Waals surface area contributed by atoms with Gasteiger partial charge in [-0.2, -0.15) is 0 Å². The maximum absolute atomic E-state index is 5.03. The Labute approximate surface area is 327 Å². The molecule has 0 radical (unpaired) electrons. The van der Waals surface area contributed by atoms with Crippen LogP contribution < -0.4 is 20.7 Å². The molecule has 0 aliphatic carbocycles. The van der Waals surface area contributed by atoms with Crippen LogP contribution in [0, 0.1) is 0 Å². The van der Waals surface area contributed by atoms with Crippen LogP contribution in [0.25, 0.3) is 61.7 Å². The van der Waals surface area contributed by atoms with Crippen LogP contribution in [0.3, 0.4) is 0 Å². The van der Waals surface area contributed by atoms with E-state index in [9.17, 15) is 0 Å². The number of fused-ring (bicyclic) bond motifs is 3. The zero-order chi connectivity index (χ0) is 37.3. The Morgan fingerprint density at radius 1 is 0.286 bits per heavy atom. The summed E-state index contributed by atoms with van der Waals surface area (Å²) >= 11 is 0. The van der Waals surface area contributed by atoms with Gasteiger partial charge in [0.25, 0.3) is 0 Å². The standard InChI is InChI=1S/C51H36N4Si/c1-5-17-37(18-6-1)49-52-50(38-19-7-2-8-20-38)54-51(53-49)39-29-33-43(34-30-39)56(41-21-9-3-10-22-41,42-23-11-4-12-24-42)44-35-31-40(32-36-44)55-47-27-15-13-25-45(47)46-26-14-16-28-48(46)55/h1-36H. The predicted molar refractivity (Wildman–Crippen MR) is 234 cm³/mol. The van der Waals surface area contributed by atoms with Crippen LogP contribution >= 0.6 is 0 Å². The lowest BCUT2D eigenvalue weighted by molar-refractivity contribution is 1.07. The molecule has 0 fully saturated rings. The molecule has 56 heavy (non-hydrogen) atoms. The van der Waals surface area contributed by atoms with Crippen LogP contribution in [0.2, 0.25) is 0 Å². The molecule has 0 unspecified atom stereocenters. The molecule has 10 rings (SSSR count). The molecule has 2 heterocycles. The molecule has 0 saturated carbocycles. The molecule has 0 aliphatic heterocycles. The summed E-state index contributed by atoms with van der Waals surface area (Å²) in [5, 5.41) is 7.75. The number of nitrogens with zero attached hydrogens (tertiary/aromatic N) is 4. The Hall–Kier alpha value is -7.21. The first-order valence-corrected chi connectivity index (χ1v) is 21.0. The van der Waals surface area contributed by atoms with E-state index in [1.165, 1.54) is 42.6 Å². The second-order valence-electron chi connectivity index (χ2n) is 14.0. The third-order valence-corrected chi connectivity index (χ3v) is 15.6. The molecule has 0 N–H and O–H groups in total. The van der Waals surface area contributed by atoms with Crippen LogP contribution in [-0.2, 0) is 0 Å². The maximum atomic E-state index is 5.03. The molecule has 0 amide bonds. The smallest absolute Gasteiger partial charge is 0.179 e. The van der Waals surface area contributed by atoms with Crippen LogP contribution in [-0.4, -0.2) is 27.6 Å². The molecular weight excluding hydrogens is 697 g/mol. The van der Waals surface area contributed by atoms with Crippen LogP contribution in [0.5, 0.6) is 0 Å². The number of para-hydroxylation sites is 2. The second kappa shape index (κ2) is 14.2. The van der Waals surface area contributed by atoms with E-state index in [0.29, 0.717) is 17.5 Å². The lowest BCUT2D eigenvalue weighted by Gasteiger charge is -2.34. The zero-order valence-corrected chi connectivity index (χ0v) is 31.6. The van der Waals surface area contributed by atoms with Crippen molar-refractivity contribution in [1.29, 1.82) is 0 Å². The zero-order valence-electron chi connectivity index (χ0n) is 30.6. The van der Waals surface area contributed by atoms with Gasteiger partial charge in [0.05, 0.1) is 11.0 Å². The third kappa shape index (κ3) is 5.73. The maximum Gasteiger partial charge on any atom is 0.179 e. The van der Waals surface area contributed by atoms with Gasteiger partial charge in [0.15, 0.2) is 25.5 Å². The Morgan fingerprint density at radius 2 is 0.607 bits per heavy atom. The molecule has 10 aromatic rings. The number of benzene rings is 8. The Bertz CT molecular complexity index is 2780. The molecule has 8 aromatic carbocycles. The molecule has 0 atom stereocenters. The van der Waals surface area contributed by atoms with E-state index >= 15 is 0 Å². The van der Waals surface area contributed by atoms with Gasteiger partial charge in [-0.1, -0.05) is 194 Å². The van der Waals surface area contributed by atoms with Gasteiger partial charge >= 0.3 is 0 Å². The van der Waals surface area contributed by atoms with Gasteiger partial charge in [-0.15, -0.1) is 0 Å². The van der Waals surface area contributed by atoms with Gasteiger partial charge in [0, 0.05) is 33.2 Å². The van der Waals surface area contributed by atoms with Crippen molar-refractivity contribution in [2.24, 2.45) is 0 Å². The first kappa shape index (κ1) is 33.4. The van der Waals surface area contributed by atoms with E-state index in [1.54, 1.807) is 0 Å². The summed E-state index contributed by atoms with van der Waals surface area (Å²) in [7, 11) is -2.83. The molecule has 264 valence electrons. The number of hydrogen-bond donors (Lipinski definition) is 0. The molecule has 0 bridgehead atoms. The summed E-state index contributed by atoms with van der Waals surface area (Å²) in [6.07, 6.45) is 0. The topological polar surface area (TPSA) is 43.6 Å². The summed E-state index contributed by atoms with van der Waals surface area (Å²) in [5.41, 5.74) is 6.40. The quantitative estimate of drug-likeness (QED) is 0.116. The van der Waals surface area contributed by atoms with Crippen LogP contribution in [0.4, 0.5) is 0 Å². The van der Waals surface area contributed by atoms with Crippen molar-refractivity contribution in [3.8, 4) is 39.9 Å². The third-order valence-electron chi connectivity index (χ3n) is 10.8. The lowest BCUT2D eigenvalue weighted by atomic mass is 10.1. The fourth-order valence-electron chi connectivity index (χ4n) is 8.24. The summed E-state index contributed by atoms with van der Waals surface area (Å²) in [6.45, 7) is 0. The van der Waals surface area contributed by atoms with Crippen molar-refractivity contribution < 1.29 is 0 Å². The molecular formula is C51H36N4Si. The fraction of sp³-hybridized carbons (Fsp3) is 0.